The maximum absolute atomic E-state index is 10.4. The molecular formula is C8H7Cl3MgO3. The van der Waals surface area contributed by atoms with Gasteiger partial charge in [-0.2, -0.15) is 0 Å². The third-order valence-corrected chi connectivity index (χ3v) is 2.24. The molecule has 0 bridgehead atoms. The Bertz CT molecular complexity index is 370. The van der Waals surface area contributed by atoms with Gasteiger partial charge in [0.05, 0.1) is 15.1 Å². The molecule has 0 heterocycles. The Labute approximate surface area is 118 Å². The van der Waals surface area contributed by atoms with E-state index in [0.29, 0.717) is 5.02 Å². The van der Waals surface area contributed by atoms with Gasteiger partial charge in [-0.05, 0) is 6.07 Å². The molecule has 80 valence electrons. The van der Waals surface area contributed by atoms with Crippen molar-refractivity contribution in [3.05, 3.63) is 27.2 Å². The molecule has 0 N–H and O–H groups in total. The first-order valence-electron chi connectivity index (χ1n) is 3.50. The maximum atomic E-state index is 10.4. The van der Waals surface area contributed by atoms with E-state index in [0.717, 1.165) is 0 Å². The van der Waals surface area contributed by atoms with Crippen LogP contribution in [0.1, 0.15) is 6.92 Å². The van der Waals surface area contributed by atoms with Crippen LogP contribution in [0.4, 0.5) is 0 Å². The lowest BCUT2D eigenvalue weighted by atomic mass is 10.3. The van der Waals surface area contributed by atoms with Gasteiger partial charge in [-0.15, -0.1) is 0 Å². The van der Waals surface area contributed by atoms with Gasteiger partial charge < -0.3 is 0 Å². The first kappa shape index (κ1) is 15.1. The summed E-state index contributed by atoms with van der Waals surface area (Å²) < 4.78 is 0. The third kappa shape index (κ3) is 4.65. The number of carbonyl (C=O) groups excluding carboxylic acids is 1. The normalized spacial score (nSPS) is 9.07. The van der Waals surface area contributed by atoms with E-state index in [-0.39, 0.29) is 38.8 Å². The number of carbonyl (C=O) groups is 1. The average molecular weight is 282 g/mol. The van der Waals surface area contributed by atoms with Gasteiger partial charge in [0, 0.05) is 13.0 Å². The smallest absolute Gasteiger partial charge is 0.285 e. The lowest BCUT2D eigenvalue weighted by molar-refractivity contribution is -0.210. The van der Waals surface area contributed by atoms with Crippen LogP contribution in [0.2, 0.25) is 15.1 Å². The van der Waals surface area contributed by atoms with Crippen molar-refractivity contribution < 1.29 is 14.6 Å². The highest BCUT2D eigenvalue weighted by Gasteiger charge is 2.09. The van der Waals surface area contributed by atoms with Crippen LogP contribution in [0, 0.1) is 0 Å². The van der Waals surface area contributed by atoms with Gasteiger partial charge in [-0.1, -0.05) is 34.8 Å². The SMILES string of the molecule is CC(=O)OOc1cc(Cl)c(Cl)cc1Cl.[MgH2]. The van der Waals surface area contributed by atoms with Crippen molar-refractivity contribution in [3.8, 4) is 5.75 Å². The Morgan fingerprint density at radius 3 is 2.20 bits per heavy atom. The number of hydrogen-bond donors (Lipinski definition) is 0. The second-order valence-corrected chi connectivity index (χ2v) is 3.58. The summed E-state index contributed by atoms with van der Waals surface area (Å²) in [5, 5.41) is 0.769. The Balaban J connectivity index is 0.00000196. The molecule has 0 aromatic heterocycles. The topological polar surface area (TPSA) is 35.5 Å². The summed E-state index contributed by atoms with van der Waals surface area (Å²) in [6.07, 6.45) is 0. The Morgan fingerprint density at radius 1 is 1.13 bits per heavy atom. The summed E-state index contributed by atoms with van der Waals surface area (Å²) in [6, 6.07) is 2.75. The summed E-state index contributed by atoms with van der Waals surface area (Å²) in [7, 11) is 0. The first-order valence-corrected chi connectivity index (χ1v) is 4.63. The van der Waals surface area contributed by atoms with Gasteiger partial charge in [-0.25, -0.2) is 4.79 Å². The molecule has 1 aromatic rings. The average Bonchev–Trinajstić information content (AvgIpc) is 2.09. The van der Waals surface area contributed by atoms with Crippen LogP contribution in [0.5, 0.6) is 5.75 Å². The van der Waals surface area contributed by atoms with E-state index in [4.69, 9.17) is 34.8 Å². The van der Waals surface area contributed by atoms with Crippen molar-refractivity contribution in [2.24, 2.45) is 0 Å². The highest BCUT2D eigenvalue weighted by atomic mass is 35.5. The molecule has 0 saturated heterocycles. The van der Waals surface area contributed by atoms with Crippen molar-refractivity contribution in [2.45, 2.75) is 6.92 Å². The number of hydrogen-bond acceptors (Lipinski definition) is 3. The molecule has 1 aromatic carbocycles. The molecule has 0 unspecified atom stereocenters. The predicted octanol–water partition coefficient (Wildman–Crippen LogP) is 2.59. The maximum Gasteiger partial charge on any atom is 0.352 e. The van der Waals surface area contributed by atoms with E-state index >= 15 is 0 Å². The molecule has 7 heteroatoms. The molecule has 0 aliphatic rings. The van der Waals surface area contributed by atoms with E-state index in [1.165, 1.54) is 19.1 Å². The molecule has 0 fully saturated rings. The standard InChI is InChI=1S/C8H5Cl3O3.Mg.2H/c1-4(12)13-14-8-3-6(10)5(9)2-7(8)11;;;/h2-3H,1H3;;;. The van der Waals surface area contributed by atoms with E-state index < -0.39 is 5.97 Å². The van der Waals surface area contributed by atoms with Gasteiger partial charge >= 0.3 is 29.0 Å². The highest BCUT2D eigenvalue weighted by Crippen LogP contribution is 2.33. The lowest BCUT2D eigenvalue weighted by Gasteiger charge is -2.05. The molecule has 0 amide bonds. The van der Waals surface area contributed by atoms with Crippen molar-refractivity contribution in [2.75, 3.05) is 0 Å². The molecule has 0 saturated carbocycles. The van der Waals surface area contributed by atoms with E-state index in [1.54, 1.807) is 0 Å². The summed E-state index contributed by atoms with van der Waals surface area (Å²) in [5.74, 6) is -0.455. The van der Waals surface area contributed by atoms with Crippen molar-refractivity contribution >= 4 is 63.8 Å². The van der Waals surface area contributed by atoms with Crippen LogP contribution >= 0.6 is 34.8 Å². The van der Waals surface area contributed by atoms with Gasteiger partial charge in [0.15, 0.2) is 5.75 Å². The Hall–Kier alpha value is 0.126. The fourth-order valence-electron chi connectivity index (χ4n) is 0.672. The molecule has 15 heavy (non-hydrogen) atoms. The van der Waals surface area contributed by atoms with Gasteiger partial charge in [0.2, 0.25) is 0 Å². The van der Waals surface area contributed by atoms with Crippen molar-refractivity contribution in [1.82, 2.24) is 0 Å². The second kappa shape index (κ2) is 6.65. The molecule has 0 aliphatic carbocycles. The van der Waals surface area contributed by atoms with Crippen LogP contribution in [0.3, 0.4) is 0 Å². The van der Waals surface area contributed by atoms with E-state index in [9.17, 15) is 4.79 Å². The zero-order chi connectivity index (χ0) is 10.7. The van der Waals surface area contributed by atoms with Crippen LogP contribution in [0.25, 0.3) is 0 Å². The molecule has 0 spiro atoms. The van der Waals surface area contributed by atoms with Gasteiger partial charge in [-0.3, -0.25) is 9.78 Å². The third-order valence-electron chi connectivity index (χ3n) is 1.22. The highest BCUT2D eigenvalue weighted by molar-refractivity contribution is 6.43. The largest absolute Gasteiger partial charge is 0.352 e. The minimum Gasteiger partial charge on any atom is -0.285 e. The Morgan fingerprint density at radius 2 is 1.67 bits per heavy atom. The summed E-state index contributed by atoms with van der Waals surface area (Å²) in [6.45, 7) is 1.20. The summed E-state index contributed by atoms with van der Waals surface area (Å²) in [4.78, 5) is 19.3. The number of rotatable bonds is 2. The molecule has 0 radical (unpaired) electrons. The number of benzene rings is 1. The first-order chi connectivity index (χ1) is 6.50. The van der Waals surface area contributed by atoms with E-state index in [1.807, 2.05) is 0 Å². The summed E-state index contributed by atoms with van der Waals surface area (Å²) in [5.41, 5.74) is 0. The molecule has 0 aliphatic heterocycles. The zero-order valence-corrected chi connectivity index (χ0v) is 9.28. The fourth-order valence-corrected chi connectivity index (χ4v) is 1.24. The minimum atomic E-state index is -0.591. The van der Waals surface area contributed by atoms with Gasteiger partial charge in [0.25, 0.3) is 0 Å². The van der Waals surface area contributed by atoms with Crippen molar-refractivity contribution in [1.29, 1.82) is 0 Å². The molecule has 1 rings (SSSR count). The summed E-state index contributed by atoms with van der Waals surface area (Å²) >= 11 is 17.1. The van der Waals surface area contributed by atoms with Crippen LogP contribution in [-0.4, -0.2) is 29.0 Å². The fraction of sp³-hybridized carbons (Fsp3) is 0.125. The number of halogens is 3. The van der Waals surface area contributed by atoms with Crippen LogP contribution in [0.15, 0.2) is 12.1 Å². The quantitative estimate of drug-likeness (QED) is 0.362. The van der Waals surface area contributed by atoms with Crippen LogP contribution in [-0.2, 0) is 9.68 Å². The Kier molecular flexibility index (Phi) is 6.71. The monoisotopic (exact) mass is 280 g/mol. The predicted molar refractivity (Wildman–Crippen MR) is 62.4 cm³/mol. The zero-order valence-electron chi connectivity index (χ0n) is 7.01. The van der Waals surface area contributed by atoms with Crippen LogP contribution < -0.4 is 4.89 Å². The minimum absolute atomic E-state index is 0. The molecular weight excluding hydrogens is 275 g/mol. The molecule has 3 nitrogen and oxygen atoms in total. The van der Waals surface area contributed by atoms with Gasteiger partial charge in [0.1, 0.15) is 0 Å². The van der Waals surface area contributed by atoms with Crippen molar-refractivity contribution in [3.63, 3.8) is 0 Å². The lowest BCUT2D eigenvalue weighted by Crippen LogP contribution is -2.03. The van der Waals surface area contributed by atoms with E-state index in [2.05, 4.69) is 9.78 Å². The second-order valence-electron chi connectivity index (χ2n) is 2.35. The molecule has 0 atom stereocenters.